The molecular weight excluding hydrogens is 412 g/mol. The number of nitrogen functional groups attached to an aromatic ring is 1. The van der Waals surface area contributed by atoms with Crippen molar-refractivity contribution >= 4 is 17.6 Å². The Balaban J connectivity index is 1.90. The molecule has 0 aliphatic carbocycles. The Morgan fingerprint density at radius 3 is 2.62 bits per heavy atom. The Labute approximate surface area is 185 Å². The van der Waals surface area contributed by atoms with Gasteiger partial charge >= 0.3 is 11.9 Å². The summed E-state index contributed by atoms with van der Waals surface area (Å²) in [5.74, 6) is -0.638. The van der Waals surface area contributed by atoms with E-state index in [4.69, 9.17) is 19.6 Å². The van der Waals surface area contributed by atoms with Crippen LogP contribution >= 0.6 is 0 Å². The number of rotatable bonds is 7. The van der Waals surface area contributed by atoms with Gasteiger partial charge in [-0.05, 0) is 51.8 Å². The van der Waals surface area contributed by atoms with Crippen LogP contribution < -0.4 is 5.73 Å². The number of furan rings is 1. The molecule has 0 aliphatic rings. The predicted octanol–water partition coefficient (Wildman–Crippen LogP) is 3.90. The monoisotopic (exact) mass is 438 g/mol. The van der Waals surface area contributed by atoms with E-state index in [0.717, 1.165) is 5.69 Å². The maximum absolute atomic E-state index is 12.5. The molecule has 168 valence electrons. The van der Waals surface area contributed by atoms with E-state index >= 15 is 0 Å². The number of nitrogens with one attached hydrogen (secondary N) is 1. The number of nitriles is 1. The first-order chi connectivity index (χ1) is 15.2. The predicted molar refractivity (Wildman–Crippen MR) is 117 cm³/mol. The van der Waals surface area contributed by atoms with E-state index in [-0.39, 0.29) is 16.9 Å². The summed E-state index contributed by atoms with van der Waals surface area (Å²) in [6.07, 6.45) is 4.20. The number of carbonyl (C=O) groups excluding carboxylic acids is 2. The van der Waals surface area contributed by atoms with Crippen LogP contribution in [-0.2, 0) is 22.4 Å². The van der Waals surface area contributed by atoms with E-state index in [9.17, 15) is 14.9 Å². The molecule has 0 aromatic carbocycles. The SMILES string of the molecule is COC(=O)c1c(N)c(C#N)c(-c2ccco2)n1CCCc1[nH]ccc1C(=O)OC(C)(C)C. The second-order valence-electron chi connectivity index (χ2n) is 8.19. The number of anilines is 1. The van der Waals surface area contributed by atoms with Crippen molar-refractivity contribution in [2.75, 3.05) is 12.8 Å². The Kier molecular flexibility index (Phi) is 6.44. The fourth-order valence-electron chi connectivity index (χ4n) is 3.51. The van der Waals surface area contributed by atoms with Crippen molar-refractivity contribution in [3.63, 3.8) is 0 Å². The molecule has 3 aromatic heterocycles. The second kappa shape index (κ2) is 9.06. The molecule has 9 nitrogen and oxygen atoms in total. The minimum absolute atomic E-state index is 0.0417. The maximum Gasteiger partial charge on any atom is 0.356 e. The quantitative estimate of drug-likeness (QED) is 0.534. The molecule has 0 atom stereocenters. The van der Waals surface area contributed by atoms with Gasteiger partial charge in [0.05, 0.1) is 24.6 Å². The van der Waals surface area contributed by atoms with Crippen LogP contribution in [-0.4, -0.2) is 34.2 Å². The summed E-state index contributed by atoms with van der Waals surface area (Å²) in [7, 11) is 1.25. The first kappa shape index (κ1) is 22.7. The number of nitrogens with two attached hydrogens (primary N) is 1. The Hall–Kier alpha value is -3.93. The Morgan fingerprint density at radius 2 is 2.03 bits per heavy atom. The summed E-state index contributed by atoms with van der Waals surface area (Å²) in [5.41, 5.74) is 7.41. The minimum Gasteiger partial charge on any atom is -0.464 e. The van der Waals surface area contributed by atoms with Gasteiger partial charge in [-0.3, -0.25) is 0 Å². The fourth-order valence-corrected chi connectivity index (χ4v) is 3.51. The summed E-state index contributed by atoms with van der Waals surface area (Å²) < 4.78 is 17.5. The van der Waals surface area contributed by atoms with Gasteiger partial charge in [-0.1, -0.05) is 0 Å². The van der Waals surface area contributed by atoms with Crippen LogP contribution in [0.3, 0.4) is 0 Å². The molecule has 9 heteroatoms. The average molecular weight is 438 g/mol. The molecule has 0 saturated carbocycles. The molecule has 3 rings (SSSR count). The highest BCUT2D eigenvalue weighted by Crippen LogP contribution is 2.34. The molecule has 0 aliphatic heterocycles. The zero-order valence-corrected chi connectivity index (χ0v) is 18.5. The van der Waals surface area contributed by atoms with Crippen LogP contribution in [0.15, 0.2) is 35.1 Å². The molecular formula is C23H26N4O5. The number of aryl methyl sites for hydroxylation is 1. The lowest BCUT2D eigenvalue weighted by atomic mass is 10.1. The smallest absolute Gasteiger partial charge is 0.356 e. The van der Waals surface area contributed by atoms with Crippen LogP contribution in [0.4, 0.5) is 5.69 Å². The third kappa shape index (κ3) is 4.54. The highest BCUT2D eigenvalue weighted by Gasteiger charge is 2.28. The third-order valence-corrected chi connectivity index (χ3v) is 4.81. The molecule has 0 fully saturated rings. The van der Waals surface area contributed by atoms with Gasteiger partial charge in [0, 0.05) is 18.4 Å². The molecule has 0 saturated heterocycles. The summed E-state index contributed by atoms with van der Waals surface area (Å²) >= 11 is 0. The topological polar surface area (TPSA) is 136 Å². The van der Waals surface area contributed by atoms with Gasteiger partial charge in [0.2, 0.25) is 0 Å². The van der Waals surface area contributed by atoms with Crippen molar-refractivity contribution in [1.82, 2.24) is 9.55 Å². The van der Waals surface area contributed by atoms with Gasteiger partial charge in [0.25, 0.3) is 0 Å². The number of carbonyl (C=O) groups is 2. The van der Waals surface area contributed by atoms with Crippen LogP contribution in [0.2, 0.25) is 0 Å². The molecule has 32 heavy (non-hydrogen) atoms. The number of methoxy groups -OCH3 is 1. The number of nitrogens with zero attached hydrogens (tertiary/aromatic N) is 2. The molecule has 3 N–H and O–H groups in total. The van der Waals surface area contributed by atoms with Crippen molar-refractivity contribution in [1.29, 1.82) is 5.26 Å². The molecule has 3 aromatic rings. The Bertz CT molecular complexity index is 1160. The molecule has 0 amide bonds. The van der Waals surface area contributed by atoms with E-state index in [2.05, 4.69) is 11.1 Å². The van der Waals surface area contributed by atoms with Crippen molar-refractivity contribution in [3.05, 3.63) is 53.2 Å². The summed E-state index contributed by atoms with van der Waals surface area (Å²) in [6, 6.07) is 7.12. The zero-order chi connectivity index (χ0) is 23.5. The van der Waals surface area contributed by atoms with Gasteiger partial charge in [-0.25, -0.2) is 9.59 Å². The number of hydrogen-bond donors (Lipinski definition) is 2. The van der Waals surface area contributed by atoms with Crippen LogP contribution in [0.25, 0.3) is 11.5 Å². The molecule has 3 heterocycles. The van der Waals surface area contributed by atoms with E-state index in [1.807, 2.05) is 20.8 Å². The first-order valence-corrected chi connectivity index (χ1v) is 10.1. The number of H-pyrrole nitrogens is 1. The third-order valence-electron chi connectivity index (χ3n) is 4.81. The number of hydrogen-bond acceptors (Lipinski definition) is 7. The van der Waals surface area contributed by atoms with Gasteiger partial charge in [-0.2, -0.15) is 5.26 Å². The van der Waals surface area contributed by atoms with Crippen molar-refractivity contribution < 1.29 is 23.5 Å². The average Bonchev–Trinajstić information content (AvgIpc) is 3.45. The molecule has 0 unspecified atom stereocenters. The van der Waals surface area contributed by atoms with Gasteiger partial charge < -0.3 is 29.2 Å². The van der Waals surface area contributed by atoms with Gasteiger partial charge in [-0.15, -0.1) is 0 Å². The lowest BCUT2D eigenvalue weighted by molar-refractivity contribution is 0.00683. The Morgan fingerprint density at radius 1 is 1.28 bits per heavy atom. The molecule has 0 radical (unpaired) electrons. The lowest BCUT2D eigenvalue weighted by Crippen LogP contribution is -2.24. The van der Waals surface area contributed by atoms with E-state index in [0.29, 0.717) is 36.4 Å². The summed E-state index contributed by atoms with van der Waals surface area (Å²) in [5, 5.41) is 9.66. The highest BCUT2D eigenvalue weighted by molar-refractivity contribution is 5.98. The van der Waals surface area contributed by atoms with E-state index in [1.54, 1.807) is 29.0 Å². The highest BCUT2D eigenvalue weighted by atomic mass is 16.6. The van der Waals surface area contributed by atoms with Crippen LogP contribution in [0.5, 0.6) is 0 Å². The first-order valence-electron chi connectivity index (χ1n) is 10.1. The standard InChI is InChI=1S/C23H26N4O5/c1-23(2,3)32-21(28)14-9-10-26-16(14)7-5-11-27-19(17-8-6-12-31-17)15(13-24)18(25)20(27)22(29)30-4/h6,8-10,12,26H,5,7,11,25H2,1-4H3. The number of ether oxygens (including phenoxy) is 2. The van der Waals surface area contributed by atoms with E-state index in [1.165, 1.54) is 13.4 Å². The summed E-state index contributed by atoms with van der Waals surface area (Å²) in [4.78, 5) is 28.0. The van der Waals surface area contributed by atoms with Crippen LogP contribution in [0.1, 0.15) is 59.3 Å². The fraction of sp³-hybridized carbons (Fsp3) is 0.348. The van der Waals surface area contributed by atoms with Gasteiger partial charge in [0.15, 0.2) is 11.5 Å². The number of esters is 2. The second-order valence-corrected chi connectivity index (χ2v) is 8.19. The minimum atomic E-state index is -0.647. The number of aromatic amines is 1. The molecule has 0 bridgehead atoms. The zero-order valence-electron chi connectivity index (χ0n) is 18.5. The maximum atomic E-state index is 12.5. The lowest BCUT2D eigenvalue weighted by Gasteiger charge is -2.19. The number of aromatic nitrogens is 2. The van der Waals surface area contributed by atoms with E-state index < -0.39 is 17.5 Å². The normalized spacial score (nSPS) is 11.2. The van der Waals surface area contributed by atoms with Crippen molar-refractivity contribution in [2.24, 2.45) is 0 Å². The van der Waals surface area contributed by atoms with Crippen LogP contribution in [0, 0.1) is 11.3 Å². The molecule has 0 spiro atoms. The summed E-state index contributed by atoms with van der Waals surface area (Å²) in [6.45, 7) is 5.76. The van der Waals surface area contributed by atoms with Crippen molar-refractivity contribution in [3.8, 4) is 17.5 Å². The van der Waals surface area contributed by atoms with Gasteiger partial charge in [0.1, 0.15) is 22.9 Å². The largest absolute Gasteiger partial charge is 0.464 e. The van der Waals surface area contributed by atoms with Crippen molar-refractivity contribution in [2.45, 2.75) is 45.8 Å².